The van der Waals surface area contributed by atoms with E-state index in [0.29, 0.717) is 0 Å². The smallest absolute Gasteiger partial charge is 0.0349 e. The van der Waals surface area contributed by atoms with E-state index in [1.807, 2.05) is 12.1 Å². The van der Waals surface area contributed by atoms with Gasteiger partial charge in [-0.3, -0.25) is 0 Å². The molecular weight excluding hydrogens is 170 g/mol. The van der Waals surface area contributed by atoms with Crippen LogP contribution in [-0.4, -0.2) is 0 Å². The molecule has 0 amide bonds. The lowest BCUT2D eigenvalue weighted by Gasteiger charge is -2.03. The van der Waals surface area contributed by atoms with Crippen molar-refractivity contribution in [3.8, 4) is 0 Å². The third-order valence-electron chi connectivity index (χ3n) is 3.46. The van der Waals surface area contributed by atoms with Gasteiger partial charge in [0.1, 0.15) is 0 Å². The highest BCUT2D eigenvalue weighted by molar-refractivity contribution is 5.50. The molecule has 1 aromatic carbocycles. The number of rotatable bonds is 2. The molecule has 2 aliphatic carbocycles. The Morgan fingerprint density at radius 3 is 2.50 bits per heavy atom. The molecule has 0 bridgehead atoms. The van der Waals surface area contributed by atoms with Gasteiger partial charge in [0, 0.05) is 5.69 Å². The molecule has 2 unspecified atom stereocenters. The maximum atomic E-state index is 5.94. The Morgan fingerprint density at radius 1 is 1.14 bits per heavy atom. The summed E-state index contributed by atoms with van der Waals surface area (Å²) in [6.07, 6.45) is 4.32. The molecule has 1 nitrogen and oxygen atoms in total. The predicted octanol–water partition coefficient (Wildman–Crippen LogP) is 3.42. The zero-order chi connectivity index (χ0) is 8.84. The molecule has 0 spiro atoms. The number of hydrogen-bond acceptors (Lipinski definition) is 1. The van der Waals surface area contributed by atoms with Crippen LogP contribution in [0.2, 0.25) is 0 Å². The van der Waals surface area contributed by atoms with E-state index in [-0.39, 0.29) is 7.43 Å². The van der Waals surface area contributed by atoms with Crippen molar-refractivity contribution in [2.24, 2.45) is 11.8 Å². The van der Waals surface area contributed by atoms with E-state index < -0.39 is 0 Å². The van der Waals surface area contributed by atoms with Crippen LogP contribution in [0.1, 0.15) is 38.2 Å². The average Bonchev–Trinajstić information content (AvgIpc) is 3.00. The number of nitrogen functional groups attached to an aromatic ring is 1. The molecule has 0 aromatic heterocycles. The van der Waals surface area contributed by atoms with Gasteiger partial charge in [0.2, 0.25) is 0 Å². The van der Waals surface area contributed by atoms with Gasteiger partial charge in [0.15, 0.2) is 0 Å². The normalized spacial score (nSPS) is 29.4. The Bertz CT molecular complexity index is 328. The Hall–Kier alpha value is -0.980. The topological polar surface area (TPSA) is 26.0 Å². The zero-order valence-corrected chi connectivity index (χ0v) is 7.74. The fraction of sp³-hybridized carbons (Fsp3) is 0.538. The molecule has 0 saturated heterocycles. The van der Waals surface area contributed by atoms with Crippen LogP contribution in [0, 0.1) is 11.8 Å². The second-order valence-corrected chi connectivity index (χ2v) is 4.47. The van der Waals surface area contributed by atoms with Gasteiger partial charge in [-0.1, -0.05) is 25.6 Å². The van der Waals surface area contributed by atoms with Crippen LogP contribution in [0.25, 0.3) is 0 Å². The molecule has 2 fully saturated rings. The van der Waals surface area contributed by atoms with Crippen LogP contribution in [0.3, 0.4) is 0 Å². The standard InChI is InChI=1S/C12H15N.CH4/c13-12-4-2-1-3-9(12)11-7-10(11)8-5-6-8;/h1-4,8,10-11H,5-7,13H2;1H4. The van der Waals surface area contributed by atoms with E-state index in [1.54, 1.807) is 0 Å². The molecule has 2 aliphatic rings. The van der Waals surface area contributed by atoms with E-state index >= 15 is 0 Å². The third-order valence-corrected chi connectivity index (χ3v) is 3.46. The number of benzene rings is 1. The fourth-order valence-electron chi connectivity index (χ4n) is 2.47. The van der Waals surface area contributed by atoms with Crippen molar-refractivity contribution < 1.29 is 0 Å². The first-order chi connectivity index (χ1) is 6.36. The highest BCUT2D eigenvalue weighted by Gasteiger charge is 2.48. The molecule has 0 heterocycles. The average molecular weight is 189 g/mol. The Morgan fingerprint density at radius 2 is 1.86 bits per heavy atom. The fourth-order valence-corrected chi connectivity index (χ4v) is 2.47. The summed E-state index contributed by atoms with van der Waals surface area (Å²) in [6.45, 7) is 0. The van der Waals surface area contributed by atoms with Crippen LogP contribution < -0.4 is 5.73 Å². The van der Waals surface area contributed by atoms with E-state index in [9.17, 15) is 0 Å². The van der Waals surface area contributed by atoms with Gasteiger partial charge in [0.25, 0.3) is 0 Å². The van der Waals surface area contributed by atoms with Gasteiger partial charge < -0.3 is 5.73 Å². The minimum Gasteiger partial charge on any atom is -0.398 e. The monoisotopic (exact) mass is 189 g/mol. The summed E-state index contributed by atoms with van der Waals surface area (Å²) < 4.78 is 0. The van der Waals surface area contributed by atoms with Crippen molar-refractivity contribution in [2.45, 2.75) is 32.6 Å². The van der Waals surface area contributed by atoms with E-state index in [4.69, 9.17) is 5.73 Å². The van der Waals surface area contributed by atoms with Crippen LogP contribution in [-0.2, 0) is 0 Å². The Labute approximate surface area is 86.3 Å². The number of nitrogens with two attached hydrogens (primary N) is 1. The maximum Gasteiger partial charge on any atom is 0.0349 e. The number of anilines is 1. The highest BCUT2D eigenvalue weighted by atomic mass is 14.6. The summed E-state index contributed by atoms with van der Waals surface area (Å²) in [5.41, 5.74) is 8.34. The summed E-state index contributed by atoms with van der Waals surface area (Å²) in [5, 5.41) is 0. The van der Waals surface area contributed by atoms with Gasteiger partial charge in [-0.2, -0.15) is 0 Å². The maximum absolute atomic E-state index is 5.94. The second kappa shape index (κ2) is 3.30. The summed E-state index contributed by atoms with van der Waals surface area (Å²) >= 11 is 0. The summed E-state index contributed by atoms with van der Waals surface area (Å²) in [4.78, 5) is 0. The Kier molecular flexibility index (Phi) is 2.26. The quantitative estimate of drug-likeness (QED) is 0.709. The molecule has 2 N–H and O–H groups in total. The molecular formula is C13H19N. The third kappa shape index (κ3) is 1.52. The molecule has 0 aliphatic heterocycles. The van der Waals surface area contributed by atoms with Gasteiger partial charge in [-0.05, 0) is 48.6 Å². The first-order valence-electron chi connectivity index (χ1n) is 5.20. The summed E-state index contributed by atoms with van der Waals surface area (Å²) in [7, 11) is 0. The van der Waals surface area contributed by atoms with Gasteiger partial charge >= 0.3 is 0 Å². The minimum absolute atomic E-state index is 0. The van der Waals surface area contributed by atoms with Gasteiger partial charge in [-0.15, -0.1) is 0 Å². The zero-order valence-electron chi connectivity index (χ0n) is 7.74. The van der Waals surface area contributed by atoms with E-state index in [2.05, 4.69) is 12.1 Å². The summed E-state index contributed by atoms with van der Waals surface area (Å²) in [5.74, 6) is 2.82. The van der Waals surface area contributed by atoms with E-state index in [1.165, 1.54) is 24.8 Å². The van der Waals surface area contributed by atoms with Crippen LogP contribution in [0.4, 0.5) is 5.69 Å². The molecule has 1 heteroatoms. The molecule has 76 valence electrons. The molecule has 0 radical (unpaired) electrons. The van der Waals surface area contributed by atoms with Crippen LogP contribution in [0.15, 0.2) is 24.3 Å². The van der Waals surface area contributed by atoms with Crippen molar-refractivity contribution in [3.05, 3.63) is 29.8 Å². The molecule has 2 saturated carbocycles. The number of hydrogen-bond donors (Lipinski definition) is 1. The second-order valence-electron chi connectivity index (χ2n) is 4.47. The molecule has 1 aromatic rings. The number of para-hydroxylation sites is 1. The van der Waals surface area contributed by atoms with Crippen LogP contribution >= 0.6 is 0 Å². The first kappa shape index (κ1) is 9.57. The predicted molar refractivity (Wildman–Crippen MR) is 61.2 cm³/mol. The van der Waals surface area contributed by atoms with Crippen molar-refractivity contribution >= 4 is 5.69 Å². The van der Waals surface area contributed by atoms with Gasteiger partial charge in [0.05, 0.1) is 0 Å². The largest absolute Gasteiger partial charge is 0.398 e. The Balaban J connectivity index is 0.000000750. The van der Waals surface area contributed by atoms with Crippen molar-refractivity contribution in [1.29, 1.82) is 0 Å². The van der Waals surface area contributed by atoms with Crippen molar-refractivity contribution in [1.82, 2.24) is 0 Å². The lowest BCUT2D eigenvalue weighted by molar-refractivity contribution is 0.691. The highest BCUT2D eigenvalue weighted by Crippen LogP contribution is 2.59. The summed E-state index contributed by atoms with van der Waals surface area (Å²) in [6, 6.07) is 8.35. The minimum atomic E-state index is 0. The first-order valence-corrected chi connectivity index (χ1v) is 5.20. The van der Waals surface area contributed by atoms with Gasteiger partial charge in [-0.25, -0.2) is 0 Å². The van der Waals surface area contributed by atoms with Crippen molar-refractivity contribution in [3.63, 3.8) is 0 Å². The molecule has 14 heavy (non-hydrogen) atoms. The van der Waals surface area contributed by atoms with Crippen molar-refractivity contribution in [2.75, 3.05) is 5.73 Å². The SMILES string of the molecule is C.Nc1ccccc1C1CC1C1CC1. The van der Waals surface area contributed by atoms with Crippen LogP contribution in [0.5, 0.6) is 0 Å². The van der Waals surface area contributed by atoms with E-state index in [0.717, 1.165) is 23.4 Å². The molecule has 3 rings (SSSR count). The molecule has 2 atom stereocenters. The lowest BCUT2D eigenvalue weighted by atomic mass is 10.1. The lowest BCUT2D eigenvalue weighted by Crippen LogP contribution is -1.93.